The third kappa shape index (κ3) is 2.23. The average molecular weight is 272 g/mol. The first-order chi connectivity index (χ1) is 9.29. The summed E-state index contributed by atoms with van der Waals surface area (Å²) >= 11 is 6.16. The number of hydrogen-bond acceptors (Lipinski definition) is 2. The second-order valence-electron chi connectivity index (χ2n) is 4.42. The molecule has 3 nitrogen and oxygen atoms in total. The Kier molecular flexibility index (Phi) is 3.23. The smallest absolute Gasteiger partial charge is 0.138 e. The molecule has 0 aliphatic heterocycles. The van der Waals surface area contributed by atoms with Crippen molar-refractivity contribution >= 4 is 22.6 Å². The number of nitrogens with zero attached hydrogens (tertiary/aromatic N) is 1. The summed E-state index contributed by atoms with van der Waals surface area (Å²) in [6.45, 7) is 0.623. The van der Waals surface area contributed by atoms with E-state index < -0.39 is 0 Å². The molecule has 3 rings (SSSR count). The number of rotatable bonds is 3. The maximum absolute atomic E-state index is 6.16. The fourth-order valence-corrected chi connectivity index (χ4v) is 2.47. The van der Waals surface area contributed by atoms with Crippen LogP contribution >= 0.6 is 11.6 Å². The van der Waals surface area contributed by atoms with E-state index in [1.165, 1.54) is 5.56 Å². The summed E-state index contributed by atoms with van der Waals surface area (Å²) < 4.78 is 0. The molecule has 3 aromatic rings. The molecule has 1 heterocycles. The minimum atomic E-state index is 0.623. The Bertz CT molecular complexity index is 718. The molecule has 0 saturated carbocycles. The normalized spacial score (nSPS) is 11.1. The number of nitrogens with two attached hydrogens (primary N) is 1. The highest BCUT2D eigenvalue weighted by molar-refractivity contribution is 6.35. The van der Waals surface area contributed by atoms with Crippen LogP contribution < -0.4 is 5.73 Å². The predicted molar refractivity (Wildman–Crippen MR) is 79.3 cm³/mol. The van der Waals surface area contributed by atoms with Crippen LogP contribution in [0.15, 0.2) is 42.5 Å². The molecule has 1 aromatic heterocycles. The zero-order valence-electron chi connectivity index (χ0n) is 10.4. The number of benzene rings is 2. The third-order valence-corrected chi connectivity index (χ3v) is 3.45. The van der Waals surface area contributed by atoms with Crippen LogP contribution in [0.3, 0.4) is 0 Å². The van der Waals surface area contributed by atoms with Crippen molar-refractivity contribution in [1.29, 1.82) is 0 Å². The molecular weight excluding hydrogens is 258 g/mol. The van der Waals surface area contributed by atoms with Crippen LogP contribution in [-0.2, 0) is 6.42 Å². The summed E-state index contributed by atoms with van der Waals surface area (Å²) in [6.07, 6.45) is 0.834. The SMILES string of the molecule is NCCc1ccccc1-c1nc2c(Cl)cccc2[nH]1. The summed E-state index contributed by atoms with van der Waals surface area (Å²) in [6, 6.07) is 13.9. The first-order valence-electron chi connectivity index (χ1n) is 6.22. The average Bonchev–Trinajstić information content (AvgIpc) is 2.85. The molecule has 0 saturated heterocycles. The molecule has 2 aromatic carbocycles. The van der Waals surface area contributed by atoms with Crippen LogP contribution in [-0.4, -0.2) is 16.5 Å². The summed E-state index contributed by atoms with van der Waals surface area (Å²) in [4.78, 5) is 7.91. The fraction of sp³-hybridized carbons (Fsp3) is 0.133. The minimum absolute atomic E-state index is 0.623. The Morgan fingerprint density at radius 2 is 1.95 bits per heavy atom. The molecule has 0 radical (unpaired) electrons. The maximum atomic E-state index is 6.16. The molecule has 0 aliphatic rings. The molecule has 0 atom stereocenters. The van der Waals surface area contributed by atoms with Crippen molar-refractivity contribution in [3.63, 3.8) is 0 Å². The number of aromatic amines is 1. The second-order valence-corrected chi connectivity index (χ2v) is 4.82. The summed E-state index contributed by atoms with van der Waals surface area (Å²) in [5.74, 6) is 0.840. The van der Waals surface area contributed by atoms with Crippen molar-refractivity contribution in [3.8, 4) is 11.4 Å². The zero-order chi connectivity index (χ0) is 13.2. The molecule has 19 heavy (non-hydrogen) atoms. The van der Waals surface area contributed by atoms with E-state index >= 15 is 0 Å². The minimum Gasteiger partial charge on any atom is -0.338 e. The van der Waals surface area contributed by atoms with Gasteiger partial charge in [0, 0.05) is 5.56 Å². The van der Waals surface area contributed by atoms with Crippen LogP contribution in [0.2, 0.25) is 5.02 Å². The highest BCUT2D eigenvalue weighted by Crippen LogP contribution is 2.27. The van der Waals surface area contributed by atoms with E-state index in [0.717, 1.165) is 28.8 Å². The van der Waals surface area contributed by atoms with Gasteiger partial charge in [0.25, 0.3) is 0 Å². The van der Waals surface area contributed by atoms with Gasteiger partial charge in [-0.3, -0.25) is 0 Å². The molecule has 0 fully saturated rings. The Morgan fingerprint density at radius 1 is 1.11 bits per heavy atom. The zero-order valence-corrected chi connectivity index (χ0v) is 11.1. The van der Waals surface area contributed by atoms with E-state index in [9.17, 15) is 0 Å². The summed E-state index contributed by atoms with van der Waals surface area (Å²) in [5, 5.41) is 0.663. The lowest BCUT2D eigenvalue weighted by Gasteiger charge is -2.05. The monoisotopic (exact) mass is 271 g/mol. The quantitative estimate of drug-likeness (QED) is 0.767. The molecule has 0 bridgehead atoms. The molecule has 3 N–H and O–H groups in total. The van der Waals surface area contributed by atoms with E-state index in [0.29, 0.717) is 11.6 Å². The largest absolute Gasteiger partial charge is 0.338 e. The predicted octanol–water partition coefficient (Wildman–Crippen LogP) is 3.38. The topological polar surface area (TPSA) is 54.7 Å². The van der Waals surface area contributed by atoms with Crippen molar-refractivity contribution in [1.82, 2.24) is 9.97 Å². The van der Waals surface area contributed by atoms with E-state index in [2.05, 4.69) is 22.1 Å². The van der Waals surface area contributed by atoms with Gasteiger partial charge in [-0.25, -0.2) is 4.98 Å². The van der Waals surface area contributed by atoms with Gasteiger partial charge in [-0.1, -0.05) is 41.9 Å². The number of aromatic nitrogens is 2. The van der Waals surface area contributed by atoms with Gasteiger partial charge in [0.2, 0.25) is 0 Å². The third-order valence-electron chi connectivity index (χ3n) is 3.15. The van der Waals surface area contributed by atoms with Crippen LogP contribution in [0, 0.1) is 0 Å². The van der Waals surface area contributed by atoms with Crippen molar-refractivity contribution in [2.24, 2.45) is 5.73 Å². The lowest BCUT2D eigenvalue weighted by atomic mass is 10.0. The van der Waals surface area contributed by atoms with Crippen LogP contribution in [0.25, 0.3) is 22.4 Å². The fourth-order valence-electron chi connectivity index (χ4n) is 2.25. The van der Waals surface area contributed by atoms with Gasteiger partial charge in [0.05, 0.1) is 10.5 Å². The first-order valence-corrected chi connectivity index (χ1v) is 6.60. The summed E-state index contributed by atoms with van der Waals surface area (Å²) in [5.41, 5.74) is 9.69. The number of nitrogens with one attached hydrogen (secondary N) is 1. The molecule has 0 amide bonds. The molecule has 4 heteroatoms. The number of halogens is 1. The highest BCUT2D eigenvalue weighted by atomic mass is 35.5. The van der Waals surface area contributed by atoms with Crippen LogP contribution in [0.4, 0.5) is 0 Å². The van der Waals surface area contributed by atoms with E-state index in [-0.39, 0.29) is 0 Å². The molecule has 0 unspecified atom stereocenters. The highest BCUT2D eigenvalue weighted by Gasteiger charge is 2.10. The molecule has 0 spiro atoms. The molecule has 0 aliphatic carbocycles. The number of fused-ring (bicyclic) bond motifs is 1. The van der Waals surface area contributed by atoms with Gasteiger partial charge >= 0.3 is 0 Å². The first kappa shape index (κ1) is 12.2. The van der Waals surface area contributed by atoms with Crippen molar-refractivity contribution < 1.29 is 0 Å². The Balaban J connectivity index is 2.17. The Hall–Kier alpha value is -1.84. The van der Waals surface area contributed by atoms with Crippen LogP contribution in [0.5, 0.6) is 0 Å². The Morgan fingerprint density at radius 3 is 2.74 bits per heavy atom. The van der Waals surface area contributed by atoms with E-state index in [1.807, 2.05) is 30.3 Å². The van der Waals surface area contributed by atoms with Crippen molar-refractivity contribution in [3.05, 3.63) is 53.1 Å². The molecular formula is C15H14ClN3. The van der Waals surface area contributed by atoms with Gasteiger partial charge in [-0.15, -0.1) is 0 Å². The van der Waals surface area contributed by atoms with Gasteiger partial charge in [-0.2, -0.15) is 0 Å². The number of hydrogen-bond donors (Lipinski definition) is 2. The van der Waals surface area contributed by atoms with Gasteiger partial charge in [-0.05, 0) is 30.7 Å². The van der Waals surface area contributed by atoms with Gasteiger partial charge in [0.15, 0.2) is 0 Å². The standard InChI is InChI=1S/C15H14ClN3/c16-12-6-3-7-13-14(12)19-15(18-13)11-5-2-1-4-10(11)8-9-17/h1-7H,8-9,17H2,(H,18,19). The lowest BCUT2D eigenvalue weighted by molar-refractivity contribution is 0.968. The van der Waals surface area contributed by atoms with Crippen molar-refractivity contribution in [2.75, 3.05) is 6.54 Å². The summed E-state index contributed by atoms with van der Waals surface area (Å²) in [7, 11) is 0. The van der Waals surface area contributed by atoms with Crippen molar-refractivity contribution in [2.45, 2.75) is 6.42 Å². The van der Waals surface area contributed by atoms with E-state index in [4.69, 9.17) is 17.3 Å². The second kappa shape index (κ2) is 5.03. The van der Waals surface area contributed by atoms with Crippen LogP contribution in [0.1, 0.15) is 5.56 Å². The van der Waals surface area contributed by atoms with Gasteiger partial charge < -0.3 is 10.7 Å². The molecule has 96 valence electrons. The number of imidazole rings is 1. The number of para-hydroxylation sites is 1. The Labute approximate surface area is 116 Å². The van der Waals surface area contributed by atoms with Gasteiger partial charge in [0.1, 0.15) is 11.3 Å². The van der Waals surface area contributed by atoms with E-state index in [1.54, 1.807) is 0 Å². The lowest BCUT2D eigenvalue weighted by Crippen LogP contribution is -2.04. The number of H-pyrrole nitrogens is 1. The maximum Gasteiger partial charge on any atom is 0.138 e.